The zero-order chi connectivity index (χ0) is 9.80. The quantitative estimate of drug-likeness (QED) is 0.715. The van der Waals surface area contributed by atoms with Crippen molar-refractivity contribution in [2.24, 2.45) is 0 Å². The molecule has 0 aliphatic rings. The van der Waals surface area contributed by atoms with Crippen LogP contribution in [0, 0.1) is 6.92 Å². The average molecular weight is 183 g/mol. The van der Waals surface area contributed by atoms with Crippen LogP contribution in [0.2, 0.25) is 0 Å². The summed E-state index contributed by atoms with van der Waals surface area (Å²) in [6.45, 7) is 3.90. The maximum Gasteiger partial charge on any atom is 0.0349 e. The summed E-state index contributed by atoms with van der Waals surface area (Å²) in [7, 11) is 0. The molecule has 0 atom stereocenters. The third kappa shape index (κ3) is 1.64. The van der Waals surface area contributed by atoms with Crippen LogP contribution in [-0.2, 0) is 6.42 Å². The van der Waals surface area contributed by atoms with Gasteiger partial charge in [-0.15, -0.1) is 0 Å². The number of nitrogens with zero attached hydrogens (tertiary/aromatic N) is 2. The van der Waals surface area contributed by atoms with Crippen LogP contribution in [0.5, 0.6) is 0 Å². The van der Waals surface area contributed by atoms with Gasteiger partial charge in [-0.3, -0.25) is 9.97 Å². The van der Waals surface area contributed by atoms with Crippen LogP contribution in [-0.4, -0.2) is 9.97 Å². The van der Waals surface area contributed by atoms with Gasteiger partial charge in [-0.1, -0.05) is 0 Å². The van der Waals surface area contributed by atoms with E-state index in [0.29, 0.717) is 0 Å². The summed E-state index contributed by atoms with van der Waals surface area (Å²) in [6, 6.07) is 5.97. The molecule has 0 N–H and O–H groups in total. The molecule has 0 amide bonds. The molecule has 0 fully saturated rings. The van der Waals surface area contributed by atoms with Crippen LogP contribution in [0.25, 0.3) is 11.1 Å². The van der Waals surface area contributed by atoms with Gasteiger partial charge < -0.3 is 0 Å². The van der Waals surface area contributed by atoms with E-state index in [2.05, 4.69) is 16.9 Å². The Balaban J connectivity index is 2.51. The Morgan fingerprint density at radius 3 is 2.43 bits per heavy atom. The Bertz CT molecular complexity index is 410. The predicted octanol–water partition coefficient (Wildman–Crippen LogP) is 2.52. The van der Waals surface area contributed by atoms with Gasteiger partial charge in [0.15, 0.2) is 0 Å². The highest BCUT2D eigenvalue weighted by atomic mass is 14.6. The molecule has 2 nitrogen and oxygen atoms in total. The zero-order valence-corrected chi connectivity index (χ0v) is 7.85. The number of hydrogen-bond donors (Lipinski definition) is 0. The summed E-state index contributed by atoms with van der Waals surface area (Å²) in [6.07, 6.45) is 8.02. The lowest BCUT2D eigenvalue weighted by Crippen LogP contribution is -1.88. The molecule has 0 saturated heterocycles. The maximum absolute atomic E-state index is 4.12. The molecular weight excluding hydrogens is 172 g/mol. The van der Waals surface area contributed by atoms with Crippen molar-refractivity contribution >= 4 is 0 Å². The van der Waals surface area contributed by atoms with Crippen molar-refractivity contribution in [2.45, 2.75) is 6.42 Å². The highest BCUT2D eigenvalue weighted by Gasteiger charge is 2.01. The summed E-state index contributed by atoms with van der Waals surface area (Å²) in [5.41, 5.74) is 3.50. The minimum Gasteiger partial charge on any atom is -0.265 e. The summed E-state index contributed by atoms with van der Waals surface area (Å²) in [5, 5.41) is 0. The van der Waals surface area contributed by atoms with Crippen LogP contribution < -0.4 is 0 Å². The number of rotatable bonds is 2. The summed E-state index contributed by atoms with van der Waals surface area (Å²) in [5.74, 6) is 0. The highest BCUT2D eigenvalue weighted by molar-refractivity contribution is 5.65. The standard InChI is InChI=1S/C12H11N2/c1-2-10-3-8-14-9-12(10)11-4-6-13-7-5-11/h3-9H,1-2H2. The molecule has 2 aromatic rings. The average Bonchev–Trinajstić information content (AvgIpc) is 2.30. The smallest absolute Gasteiger partial charge is 0.0349 e. The van der Waals surface area contributed by atoms with Crippen molar-refractivity contribution < 1.29 is 0 Å². The molecule has 0 aliphatic carbocycles. The van der Waals surface area contributed by atoms with E-state index in [4.69, 9.17) is 0 Å². The lowest BCUT2D eigenvalue weighted by atomic mass is 10.0. The van der Waals surface area contributed by atoms with Gasteiger partial charge in [0, 0.05) is 30.4 Å². The molecule has 0 aromatic carbocycles. The Morgan fingerprint density at radius 1 is 1.00 bits per heavy atom. The molecule has 0 spiro atoms. The van der Waals surface area contributed by atoms with Crippen molar-refractivity contribution in [1.29, 1.82) is 0 Å². The largest absolute Gasteiger partial charge is 0.265 e. The Hall–Kier alpha value is -1.70. The minimum absolute atomic E-state index is 0.778. The van der Waals surface area contributed by atoms with Crippen LogP contribution in [0.4, 0.5) is 0 Å². The van der Waals surface area contributed by atoms with Gasteiger partial charge in [0.05, 0.1) is 0 Å². The second kappa shape index (κ2) is 4.01. The summed E-state index contributed by atoms with van der Waals surface area (Å²) in [4.78, 5) is 8.11. The van der Waals surface area contributed by atoms with Crippen molar-refractivity contribution in [3.05, 3.63) is 55.5 Å². The van der Waals surface area contributed by atoms with Gasteiger partial charge in [-0.25, -0.2) is 0 Å². The molecule has 2 rings (SSSR count). The number of aromatic nitrogens is 2. The second-order valence-electron chi connectivity index (χ2n) is 3.02. The van der Waals surface area contributed by atoms with E-state index in [1.54, 1.807) is 18.6 Å². The molecule has 14 heavy (non-hydrogen) atoms. The van der Waals surface area contributed by atoms with Crippen LogP contribution in [0.1, 0.15) is 5.56 Å². The molecular formula is C12H11N2. The molecule has 2 heteroatoms. The first-order valence-corrected chi connectivity index (χ1v) is 4.54. The number of hydrogen-bond acceptors (Lipinski definition) is 2. The Morgan fingerprint density at radius 2 is 1.71 bits per heavy atom. The Labute approximate surface area is 83.7 Å². The van der Waals surface area contributed by atoms with E-state index < -0.39 is 0 Å². The van der Waals surface area contributed by atoms with Gasteiger partial charge in [0.1, 0.15) is 0 Å². The molecule has 0 unspecified atom stereocenters. The summed E-state index contributed by atoms with van der Waals surface area (Å²) < 4.78 is 0. The monoisotopic (exact) mass is 183 g/mol. The van der Waals surface area contributed by atoms with E-state index in [-0.39, 0.29) is 0 Å². The van der Waals surface area contributed by atoms with E-state index in [0.717, 1.165) is 17.5 Å². The van der Waals surface area contributed by atoms with E-state index >= 15 is 0 Å². The lowest BCUT2D eigenvalue weighted by molar-refractivity contribution is 1.21. The van der Waals surface area contributed by atoms with E-state index in [9.17, 15) is 0 Å². The first-order chi connectivity index (χ1) is 6.92. The van der Waals surface area contributed by atoms with Gasteiger partial charge in [-0.2, -0.15) is 0 Å². The van der Waals surface area contributed by atoms with Crippen LogP contribution >= 0.6 is 0 Å². The van der Waals surface area contributed by atoms with Gasteiger partial charge >= 0.3 is 0 Å². The minimum atomic E-state index is 0.778. The predicted molar refractivity (Wildman–Crippen MR) is 56.5 cm³/mol. The van der Waals surface area contributed by atoms with E-state index in [1.165, 1.54) is 5.56 Å². The molecule has 0 saturated carbocycles. The topological polar surface area (TPSA) is 25.8 Å². The highest BCUT2D eigenvalue weighted by Crippen LogP contribution is 2.21. The second-order valence-corrected chi connectivity index (χ2v) is 3.02. The molecule has 1 radical (unpaired) electrons. The summed E-state index contributed by atoms with van der Waals surface area (Å²) >= 11 is 0. The maximum atomic E-state index is 4.12. The third-order valence-electron chi connectivity index (χ3n) is 2.17. The first kappa shape index (κ1) is 8.88. The van der Waals surface area contributed by atoms with Gasteiger partial charge in [0.25, 0.3) is 0 Å². The normalized spacial score (nSPS) is 10.1. The van der Waals surface area contributed by atoms with Gasteiger partial charge in [-0.05, 0) is 42.7 Å². The van der Waals surface area contributed by atoms with Crippen LogP contribution in [0.15, 0.2) is 43.0 Å². The fraction of sp³-hybridized carbons (Fsp3) is 0.0833. The molecule has 2 aromatic heterocycles. The first-order valence-electron chi connectivity index (χ1n) is 4.54. The SMILES string of the molecule is [CH2]Cc1ccncc1-c1ccncc1. The molecule has 2 heterocycles. The van der Waals surface area contributed by atoms with Crippen molar-refractivity contribution in [1.82, 2.24) is 9.97 Å². The Kier molecular flexibility index (Phi) is 2.54. The zero-order valence-electron chi connectivity index (χ0n) is 7.85. The molecule has 0 bridgehead atoms. The van der Waals surface area contributed by atoms with Crippen LogP contribution in [0.3, 0.4) is 0 Å². The fourth-order valence-electron chi connectivity index (χ4n) is 1.43. The van der Waals surface area contributed by atoms with Crippen molar-refractivity contribution in [2.75, 3.05) is 0 Å². The molecule has 0 aliphatic heterocycles. The lowest BCUT2D eigenvalue weighted by Gasteiger charge is -2.05. The third-order valence-corrected chi connectivity index (χ3v) is 2.17. The van der Waals surface area contributed by atoms with Gasteiger partial charge in [0.2, 0.25) is 0 Å². The number of pyridine rings is 2. The fourth-order valence-corrected chi connectivity index (χ4v) is 1.43. The van der Waals surface area contributed by atoms with Crippen molar-refractivity contribution in [3.8, 4) is 11.1 Å². The van der Waals surface area contributed by atoms with Crippen molar-refractivity contribution in [3.63, 3.8) is 0 Å². The molecule has 69 valence electrons. The van der Waals surface area contributed by atoms with E-state index in [1.807, 2.05) is 24.4 Å².